The Morgan fingerprint density at radius 3 is 2.56 bits per heavy atom. The van der Waals surface area contributed by atoms with Gasteiger partial charge in [0.15, 0.2) is 11.1 Å². The lowest BCUT2D eigenvalue weighted by atomic mass is 10.2. The van der Waals surface area contributed by atoms with Crippen molar-refractivity contribution in [2.75, 3.05) is 0 Å². The van der Waals surface area contributed by atoms with Gasteiger partial charge in [0.2, 0.25) is 0 Å². The Morgan fingerprint density at radius 2 is 2.44 bits per heavy atom. The monoisotopic (exact) mass is 148 g/mol. The zero-order chi connectivity index (χ0) is 7.28. The van der Waals surface area contributed by atoms with E-state index in [-0.39, 0.29) is 5.25 Å². The van der Waals surface area contributed by atoms with E-state index in [0.29, 0.717) is 6.42 Å². The number of hydrogen-bond donors (Lipinski definition) is 1. The number of allylic oxidation sites excluding steroid dienone is 1. The van der Waals surface area contributed by atoms with Crippen molar-refractivity contribution >= 4 is 11.1 Å². The van der Waals surface area contributed by atoms with Crippen molar-refractivity contribution in [3.63, 3.8) is 0 Å². The summed E-state index contributed by atoms with van der Waals surface area (Å²) in [5.74, 6) is 0. The van der Waals surface area contributed by atoms with Crippen LogP contribution in [-0.2, 0) is 11.1 Å². The molecule has 3 heteroatoms. The fraction of sp³-hybridized carbons (Fsp3) is 0.667. The predicted molar refractivity (Wildman–Crippen MR) is 39.7 cm³/mol. The summed E-state index contributed by atoms with van der Waals surface area (Å²) in [5.41, 5.74) is 0. The average Bonchev–Trinajstić information content (AvgIpc) is 1.82. The first kappa shape index (κ1) is 8.85. The topological polar surface area (TPSA) is 37.3 Å². The molecule has 2 atom stereocenters. The molecular formula is C6H12O2S. The SMILES string of the molecule is C=CCC(CC)S(=O)O. The summed E-state index contributed by atoms with van der Waals surface area (Å²) in [6.07, 6.45) is 3.02. The van der Waals surface area contributed by atoms with Crippen molar-refractivity contribution in [1.82, 2.24) is 0 Å². The smallest absolute Gasteiger partial charge is 0.156 e. The van der Waals surface area contributed by atoms with Crippen LogP contribution < -0.4 is 0 Å². The predicted octanol–water partition coefficient (Wildman–Crippen LogP) is 1.56. The lowest BCUT2D eigenvalue weighted by Crippen LogP contribution is -2.11. The molecule has 0 fully saturated rings. The minimum Gasteiger partial charge on any atom is -0.306 e. The van der Waals surface area contributed by atoms with E-state index in [9.17, 15) is 4.21 Å². The Kier molecular flexibility index (Phi) is 4.62. The Hall–Kier alpha value is -0.150. The summed E-state index contributed by atoms with van der Waals surface area (Å²) < 4.78 is 19.0. The molecule has 0 bridgehead atoms. The molecule has 0 saturated heterocycles. The molecule has 0 amide bonds. The summed E-state index contributed by atoms with van der Waals surface area (Å²) >= 11 is -1.67. The molecule has 0 saturated carbocycles. The minimum absolute atomic E-state index is 0.123. The van der Waals surface area contributed by atoms with E-state index in [1.165, 1.54) is 0 Å². The maximum Gasteiger partial charge on any atom is 0.156 e. The van der Waals surface area contributed by atoms with Gasteiger partial charge in [-0.3, -0.25) is 0 Å². The van der Waals surface area contributed by atoms with Gasteiger partial charge in [-0.25, -0.2) is 4.21 Å². The van der Waals surface area contributed by atoms with Gasteiger partial charge in [0, 0.05) is 0 Å². The van der Waals surface area contributed by atoms with Gasteiger partial charge in [0.1, 0.15) is 0 Å². The number of rotatable bonds is 4. The van der Waals surface area contributed by atoms with Gasteiger partial charge in [0.25, 0.3) is 0 Å². The van der Waals surface area contributed by atoms with Crippen molar-refractivity contribution in [2.24, 2.45) is 0 Å². The Morgan fingerprint density at radius 1 is 1.89 bits per heavy atom. The molecule has 0 radical (unpaired) electrons. The molecule has 0 heterocycles. The average molecular weight is 148 g/mol. The quantitative estimate of drug-likeness (QED) is 0.485. The summed E-state index contributed by atoms with van der Waals surface area (Å²) in [6, 6.07) is 0. The third-order valence-electron chi connectivity index (χ3n) is 1.17. The van der Waals surface area contributed by atoms with Crippen LogP contribution in [0.15, 0.2) is 12.7 Å². The lowest BCUT2D eigenvalue weighted by Gasteiger charge is -2.04. The highest BCUT2D eigenvalue weighted by Gasteiger charge is 2.08. The summed E-state index contributed by atoms with van der Waals surface area (Å²) in [7, 11) is 0. The van der Waals surface area contributed by atoms with Crippen LogP contribution >= 0.6 is 0 Å². The molecule has 1 N–H and O–H groups in total. The summed E-state index contributed by atoms with van der Waals surface area (Å²) in [5, 5.41) is -0.123. The molecule has 0 aromatic rings. The zero-order valence-corrected chi connectivity index (χ0v) is 6.36. The van der Waals surface area contributed by atoms with E-state index in [4.69, 9.17) is 4.55 Å². The molecule has 0 aromatic carbocycles. The Labute approximate surface area is 58.3 Å². The molecule has 0 spiro atoms. The first-order valence-corrected chi connectivity index (χ1v) is 4.09. The second kappa shape index (κ2) is 4.70. The first-order valence-electron chi connectivity index (χ1n) is 2.93. The van der Waals surface area contributed by atoms with Crippen molar-refractivity contribution in [3.05, 3.63) is 12.7 Å². The van der Waals surface area contributed by atoms with Crippen molar-refractivity contribution in [1.29, 1.82) is 0 Å². The third-order valence-corrected chi connectivity index (χ3v) is 2.27. The van der Waals surface area contributed by atoms with Gasteiger partial charge < -0.3 is 4.55 Å². The van der Waals surface area contributed by atoms with Gasteiger partial charge in [0.05, 0.1) is 5.25 Å². The second-order valence-electron chi connectivity index (χ2n) is 1.83. The highest BCUT2D eigenvalue weighted by Crippen LogP contribution is 2.04. The maximum atomic E-state index is 10.4. The minimum atomic E-state index is -1.67. The summed E-state index contributed by atoms with van der Waals surface area (Å²) in [6.45, 7) is 5.38. The molecule has 54 valence electrons. The normalized spacial score (nSPS) is 16.7. The highest BCUT2D eigenvalue weighted by molar-refractivity contribution is 7.79. The second-order valence-corrected chi connectivity index (χ2v) is 3.05. The van der Waals surface area contributed by atoms with Crippen LogP contribution in [0.25, 0.3) is 0 Å². The van der Waals surface area contributed by atoms with Crippen LogP contribution in [0, 0.1) is 0 Å². The molecular weight excluding hydrogens is 136 g/mol. The van der Waals surface area contributed by atoms with Crippen LogP contribution in [0.3, 0.4) is 0 Å². The molecule has 0 aliphatic carbocycles. The van der Waals surface area contributed by atoms with Gasteiger partial charge in [-0.15, -0.1) is 6.58 Å². The van der Waals surface area contributed by atoms with Gasteiger partial charge in [-0.05, 0) is 12.8 Å². The van der Waals surface area contributed by atoms with Crippen LogP contribution in [-0.4, -0.2) is 14.0 Å². The van der Waals surface area contributed by atoms with E-state index < -0.39 is 11.1 Å². The summed E-state index contributed by atoms with van der Waals surface area (Å²) in [4.78, 5) is 0. The van der Waals surface area contributed by atoms with Gasteiger partial charge in [-0.1, -0.05) is 13.0 Å². The van der Waals surface area contributed by atoms with Crippen molar-refractivity contribution in [3.8, 4) is 0 Å². The largest absolute Gasteiger partial charge is 0.306 e. The Bertz CT molecular complexity index is 112. The van der Waals surface area contributed by atoms with Crippen molar-refractivity contribution < 1.29 is 8.76 Å². The first-order chi connectivity index (χ1) is 4.22. The van der Waals surface area contributed by atoms with E-state index >= 15 is 0 Å². The van der Waals surface area contributed by atoms with E-state index in [1.807, 2.05) is 6.92 Å². The standard InChI is InChI=1S/C6H12O2S/c1-3-5-6(4-2)9(7)8/h3,6H,1,4-5H2,2H3,(H,7,8). The third kappa shape index (κ3) is 3.43. The zero-order valence-electron chi connectivity index (χ0n) is 5.54. The van der Waals surface area contributed by atoms with Crippen molar-refractivity contribution in [2.45, 2.75) is 25.0 Å². The molecule has 9 heavy (non-hydrogen) atoms. The van der Waals surface area contributed by atoms with Crippen LogP contribution in [0.4, 0.5) is 0 Å². The molecule has 0 aromatic heterocycles. The van der Waals surface area contributed by atoms with Crippen LogP contribution in [0.5, 0.6) is 0 Å². The molecule has 0 rings (SSSR count). The molecule has 0 aliphatic rings. The highest BCUT2D eigenvalue weighted by atomic mass is 32.2. The van der Waals surface area contributed by atoms with Crippen LogP contribution in [0.1, 0.15) is 19.8 Å². The lowest BCUT2D eigenvalue weighted by molar-refractivity contribution is 0.543. The molecule has 2 unspecified atom stereocenters. The fourth-order valence-electron chi connectivity index (χ4n) is 0.577. The fourth-order valence-corrected chi connectivity index (χ4v) is 1.16. The van der Waals surface area contributed by atoms with E-state index in [1.54, 1.807) is 6.08 Å². The van der Waals surface area contributed by atoms with Gasteiger partial charge in [-0.2, -0.15) is 0 Å². The molecule has 2 nitrogen and oxygen atoms in total. The van der Waals surface area contributed by atoms with E-state index in [2.05, 4.69) is 6.58 Å². The van der Waals surface area contributed by atoms with Crippen LogP contribution in [0.2, 0.25) is 0 Å². The maximum absolute atomic E-state index is 10.4. The Balaban J connectivity index is 3.67. The molecule has 0 aliphatic heterocycles. The van der Waals surface area contributed by atoms with Gasteiger partial charge >= 0.3 is 0 Å². The number of hydrogen-bond acceptors (Lipinski definition) is 1. The van der Waals surface area contributed by atoms with E-state index in [0.717, 1.165) is 6.42 Å².